The van der Waals surface area contributed by atoms with Crippen LogP contribution >= 0.6 is 0 Å². The topological polar surface area (TPSA) is 114 Å². The fourth-order valence-electron chi connectivity index (χ4n) is 2.07. The van der Waals surface area contributed by atoms with E-state index in [1.54, 1.807) is 12.1 Å². The number of benzene rings is 2. The van der Waals surface area contributed by atoms with Crippen molar-refractivity contribution in [3.05, 3.63) is 69.3 Å². The Bertz CT molecular complexity index is 861. The number of carbonyl (C=O) groups is 2. The predicted molar refractivity (Wildman–Crippen MR) is 93.4 cm³/mol. The van der Waals surface area contributed by atoms with Gasteiger partial charge in [0.25, 0.3) is 5.69 Å². The van der Waals surface area contributed by atoms with Crippen LogP contribution in [0.1, 0.15) is 16.7 Å². The van der Waals surface area contributed by atoms with Gasteiger partial charge in [-0.3, -0.25) is 19.7 Å². The summed E-state index contributed by atoms with van der Waals surface area (Å²) in [6, 6.07) is 11.1. The monoisotopic (exact) mass is 340 g/mol. The van der Waals surface area contributed by atoms with E-state index in [1.807, 2.05) is 26.0 Å². The summed E-state index contributed by atoms with van der Waals surface area (Å²) in [4.78, 5) is 33.7. The van der Waals surface area contributed by atoms with Gasteiger partial charge in [-0.25, -0.2) is 5.43 Å². The van der Waals surface area contributed by atoms with Crippen molar-refractivity contribution in [3.8, 4) is 0 Å². The molecule has 2 N–H and O–H groups in total. The van der Waals surface area contributed by atoms with Crippen molar-refractivity contribution in [2.75, 3.05) is 5.32 Å². The molecule has 2 amide bonds. The molecule has 0 aromatic heterocycles. The zero-order valence-corrected chi connectivity index (χ0v) is 13.6. The number of hydrogen-bond acceptors (Lipinski definition) is 5. The second-order valence-electron chi connectivity index (χ2n) is 5.32. The standard InChI is InChI=1S/C17H16N4O4/c1-11-6-7-15(12(2)8-11)19-16(22)17(23)20-18-10-13-4-3-5-14(9-13)21(24)25/h3-10H,1-2H3,(H,19,22)(H,20,23). The van der Waals surface area contributed by atoms with Crippen LogP contribution in [0.25, 0.3) is 0 Å². The summed E-state index contributed by atoms with van der Waals surface area (Å²) in [5.74, 6) is -1.80. The molecule has 0 radical (unpaired) electrons. The molecular formula is C17H16N4O4. The zero-order valence-electron chi connectivity index (χ0n) is 13.6. The Balaban J connectivity index is 1.96. The molecule has 0 aliphatic carbocycles. The summed E-state index contributed by atoms with van der Waals surface area (Å²) in [6.45, 7) is 3.74. The number of nitrogens with one attached hydrogen (secondary N) is 2. The van der Waals surface area contributed by atoms with Gasteiger partial charge in [-0.15, -0.1) is 0 Å². The number of carbonyl (C=O) groups excluding carboxylic acids is 2. The van der Waals surface area contributed by atoms with Gasteiger partial charge in [0.15, 0.2) is 0 Å². The molecule has 0 unspecified atom stereocenters. The number of non-ortho nitro benzene ring substituents is 1. The third-order valence-electron chi connectivity index (χ3n) is 3.30. The van der Waals surface area contributed by atoms with Crippen molar-refractivity contribution in [1.82, 2.24) is 5.43 Å². The van der Waals surface area contributed by atoms with Gasteiger partial charge in [0.2, 0.25) is 0 Å². The SMILES string of the molecule is Cc1ccc(NC(=O)C(=O)NN=Cc2cccc([N+](=O)[O-])c2)c(C)c1. The minimum atomic E-state index is -0.943. The van der Waals surface area contributed by atoms with E-state index in [9.17, 15) is 19.7 Å². The molecule has 8 nitrogen and oxygen atoms in total. The van der Waals surface area contributed by atoms with Gasteiger partial charge in [-0.2, -0.15) is 5.10 Å². The average Bonchev–Trinajstić information content (AvgIpc) is 2.57. The Morgan fingerprint density at radius 1 is 1.12 bits per heavy atom. The van der Waals surface area contributed by atoms with Crippen LogP contribution in [0.3, 0.4) is 0 Å². The lowest BCUT2D eigenvalue weighted by atomic mass is 10.1. The first-order chi connectivity index (χ1) is 11.9. The van der Waals surface area contributed by atoms with E-state index in [2.05, 4.69) is 15.8 Å². The van der Waals surface area contributed by atoms with Gasteiger partial charge >= 0.3 is 11.8 Å². The number of anilines is 1. The summed E-state index contributed by atoms with van der Waals surface area (Å²) >= 11 is 0. The summed E-state index contributed by atoms with van der Waals surface area (Å²) in [7, 11) is 0. The van der Waals surface area contributed by atoms with E-state index in [4.69, 9.17) is 0 Å². The van der Waals surface area contributed by atoms with Crippen LogP contribution in [0.2, 0.25) is 0 Å². The van der Waals surface area contributed by atoms with Crippen LogP contribution in [0, 0.1) is 24.0 Å². The third-order valence-corrected chi connectivity index (χ3v) is 3.30. The Morgan fingerprint density at radius 2 is 1.88 bits per heavy atom. The van der Waals surface area contributed by atoms with Crippen molar-refractivity contribution in [2.45, 2.75) is 13.8 Å². The molecular weight excluding hydrogens is 324 g/mol. The average molecular weight is 340 g/mol. The first-order valence-corrected chi connectivity index (χ1v) is 7.33. The number of amides is 2. The molecule has 0 fully saturated rings. The van der Waals surface area contributed by atoms with Gasteiger partial charge in [0.1, 0.15) is 0 Å². The first-order valence-electron chi connectivity index (χ1n) is 7.33. The molecule has 2 aromatic rings. The second-order valence-corrected chi connectivity index (χ2v) is 5.32. The summed E-state index contributed by atoms with van der Waals surface area (Å²) in [5.41, 5.74) is 4.82. The molecule has 0 aliphatic heterocycles. The second kappa shape index (κ2) is 7.82. The van der Waals surface area contributed by atoms with E-state index < -0.39 is 16.7 Å². The number of rotatable bonds is 4. The Morgan fingerprint density at radius 3 is 2.56 bits per heavy atom. The molecule has 128 valence electrons. The number of hydrazone groups is 1. The summed E-state index contributed by atoms with van der Waals surface area (Å²) < 4.78 is 0. The zero-order chi connectivity index (χ0) is 18.4. The summed E-state index contributed by atoms with van der Waals surface area (Å²) in [6.07, 6.45) is 1.22. The van der Waals surface area contributed by atoms with Crippen molar-refractivity contribution in [3.63, 3.8) is 0 Å². The van der Waals surface area contributed by atoms with Gasteiger partial charge in [-0.1, -0.05) is 29.8 Å². The summed E-state index contributed by atoms with van der Waals surface area (Å²) in [5, 5.41) is 16.8. The van der Waals surface area contributed by atoms with E-state index in [1.165, 1.54) is 24.4 Å². The molecule has 0 spiro atoms. The highest BCUT2D eigenvalue weighted by Gasteiger charge is 2.14. The van der Waals surface area contributed by atoms with Crippen molar-refractivity contribution in [1.29, 1.82) is 0 Å². The van der Waals surface area contributed by atoms with Crippen molar-refractivity contribution >= 4 is 29.4 Å². The smallest absolute Gasteiger partial charge is 0.317 e. The highest BCUT2D eigenvalue weighted by molar-refractivity contribution is 6.39. The number of hydrogen-bond donors (Lipinski definition) is 2. The molecule has 0 heterocycles. The van der Waals surface area contributed by atoms with Crippen LogP contribution in [-0.2, 0) is 9.59 Å². The lowest BCUT2D eigenvalue weighted by Gasteiger charge is -2.08. The molecule has 0 saturated heterocycles. The van der Waals surface area contributed by atoms with Crippen LogP contribution < -0.4 is 10.7 Å². The maximum atomic E-state index is 11.8. The van der Waals surface area contributed by atoms with Crippen molar-refractivity contribution in [2.24, 2.45) is 5.10 Å². The molecule has 0 saturated carbocycles. The molecule has 8 heteroatoms. The fourth-order valence-corrected chi connectivity index (χ4v) is 2.07. The van der Waals surface area contributed by atoms with Gasteiger partial charge in [0, 0.05) is 23.4 Å². The minimum Gasteiger partial charge on any atom is -0.317 e. The maximum Gasteiger partial charge on any atom is 0.329 e. The molecule has 0 atom stereocenters. The Hall–Kier alpha value is -3.55. The quantitative estimate of drug-likeness (QED) is 0.385. The van der Waals surface area contributed by atoms with Gasteiger partial charge < -0.3 is 5.32 Å². The van der Waals surface area contributed by atoms with Gasteiger partial charge in [-0.05, 0) is 25.5 Å². The molecule has 2 aromatic carbocycles. The van der Waals surface area contributed by atoms with Crippen LogP contribution in [0.5, 0.6) is 0 Å². The van der Waals surface area contributed by atoms with Crippen LogP contribution in [-0.4, -0.2) is 23.0 Å². The highest BCUT2D eigenvalue weighted by Crippen LogP contribution is 2.15. The minimum absolute atomic E-state index is 0.0946. The van der Waals surface area contributed by atoms with E-state index >= 15 is 0 Å². The number of nitro groups is 1. The number of nitro benzene ring substituents is 1. The normalized spacial score (nSPS) is 10.5. The lowest BCUT2D eigenvalue weighted by Crippen LogP contribution is -2.32. The predicted octanol–water partition coefficient (Wildman–Crippen LogP) is 2.30. The van der Waals surface area contributed by atoms with E-state index in [-0.39, 0.29) is 5.69 Å². The fraction of sp³-hybridized carbons (Fsp3) is 0.118. The Labute approximate surface area is 143 Å². The largest absolute Gasteiger partial charge is 0.329 e. The van der Waals surface area contributed by atoms with Crippen LogP contribution in [0.4, 0.5) is 11.4 Å². The van der Waals surface area contributed by atoms with E-state index in [0.29, 0.717) is 11.3 Å². The Kier molecular flexibility index (Phi) is 5.57. The number of nitrogens with zero attached hydrogens (tertiary/aromatic N) is 2. The van der Waals surface area contributed by atoms with Crippen LogP contribution in [0.15, 0.2) is 47.6 Å². The number of aryl methyl sites for hydroxylation is 2. The maximum absolute atomic E-state index is 11.8. The van der Waals surface area contributed by atoms with Gasteiger partial charge in [0.05, 0.1) is 11.1 Å². The van der Waals surface area contributed by atoms with Crippen molar-refractivity contribution < 1.29 is 14.5 Å². The molecule has 0 aliphatic rings. The van der Waals surface area contributed by atoms with E-state index in [0.717, 1.165) is 11.1 Å². The molecule has 25 heavy (non-hydrogen) atoms. The highest BCUT2D eigenvalue weighted by atomic mass is 16.6. The third kappa shape index (κ3) is 4.96. The molecule has 2 rings (SSSR count). The first kappa shape index (κ1) is 17.8. The lowest BCUT2D eigenvalue weighted by molar-refractivity contribution is -0.384. The molecule has 0 bridgehead atoms.